The molecule has 0 atom stereocenters. The van der Waals surface area contributed by atoms with Gasteiger partial charge in [-0.25, -0.2) is 4.98 Å². The van der Waals surface area contributed by atoms with E-state index < -0.39 is 0 Å². The van der Waals surface area contributed by atoms with Crippen molar-refractivity contribution in [3.63, 3.8) is 0 Å². The Morgan fingerprint density at radius 3 is 2.87 bits per heavy atom. The van der Waals surface area contributed by atoms with Crippen LogP contribution in [0.1, 0.15) is 16.0 Å². The quantitative estimate of drug-likeness (QED) is 0.668. The molecule has 0 aliphatic carbocycles. The highest BCUT2D eigenvalue weighted by molar-refractivity contribution is 7.14. The van der Waals surface area contributed by atoms with Gasteiger partial charge in [0.05, 0.1) is 5.69 Å². The summed E-state index contributed by atoms with van der Waals surface area (Å²) in [6, 6.07) is 10.2. The molecule has 2 heterocycles. The smallest absolute Gasteiger partial charge is 0.250 e. The third-order valence-electron chi connectivity index (χ3n) is 3.35. The maximum Gasteiger partial charge on any atom is 0.250 e. The molecule has 2 aromatic heterocycles. The first-order chi connectivity index (χ1) is 11.1. The Labute approximate surface area is 143 Å². The van der Waals surface area contributed by atoms with Crippen LogP contribution in [0.15, 0.2) is 47.2 Å². The number of hydrogen-bond acceptors (Lipinski definition) is 4. The van der Waals surface area contributed by atoms with E-state index >= 15 is 0 Å². The van der Waals surface area contributed by atoms with Crippen LogP contribution in [-0.4, -0.2) is 10.9 Å². The highest BCUT2D eigenvalue weighted by Gasteiger charge is 2.08. The van der Waals surface area contributed by atoms with E-state index in [-0.39, 0.29) is 5.91 Å². The van der Waals surface area contributed by atoms with Gasteiger partial charge in [0.25, 0.3) is 0 Å². The van der Waals surface area contributed by atoms with Crippen molar-refractivity contribution in [2.24, 2.45) is 0 Å². The second kappa shape index (κ2) is 6.89. The lowest BCUT2D eigenvalue weighted by Crippen LogP contribution is -2.07. The third kappa shape index (κ3) is 3.94. The number of aryl methyl sites for hydroxylation is 2. The van der Waals surface area contributed by atoms with Crippen LogP contribution in [0.4, 0.5) is 5.13 Å². The number of thiazole rings is 1. The molecule has 0 fully saturated rings. The van der Waals surface area contributed by atoms with Crippen LogP contribution >= 0.6 is 22.7 Å². The number of carbonyl (C=O) groups excluding carboxylic acids is 1. The largest absolute Gasteiger partial charge is 0.298 e. The van der Waals surface area contributed by atoms with Crippen LogP contribution in [0.5, 0.6) is 0 Å². The standard InChI is InChI=1S/C18H16N2OS2/c1-12-5-6-13(2)15(10-12)16-11-23-18(19-16)20-17(21)8-7-14-4-3-9-22-14/h3-11H,1-2H3,(H,19,20,21). The lowest BCUT2D eigenvalue weighted by Gasteiger charge is -2.03. The molecule has 0 unspecified atom stereocenters. The van der Waals surface area contributed by atoms with Crippen LogP contribution in [0.2, 0.25) is 0 Å². The van der Waals surface area contributed by atoms with Gasteiger partial charge in [0.1, 0.15) is 0 Å². The van der Waals surface area contributed by atoms with Crippen LogP contribution < -0.4 is 5.32 Å². The predicted molar refractivity (Wildman–Crippen MR) is 99.0 cm³/mol. The molecule has 116 valence electrons. The van der Waals surface area contributed by atoms with Crippen molar-refractivity contribution in [2.45, 2.75) is 13.8 Å². The summed E-state index contributed by atoms with van der Waals surface area (Å²) in [6.45, 7) is 4.13. The summed E-state index contributed by atoms with van der Waals surface area (Å²) in [5.74, 6) is -0.166. The number of benzene rings is 1. The van der Waals surface area contributed by atoms with Crippen LogP contribution in [0.3, 0.4) is 0 Å². The van der Waals surface area contributed by atoms with E-state index in [0.29, 0.717) is 5.13 Å². The van der Waals surface area contributed by atoms with Gasteiger partial charge < -0.3 is 0 Å². The molecular formula is C18H16N2OS2. The van der Waals surface area contributed by atoms with Gasteiger partial charge in [0, 0.05) is 21.9 Å². The average Bonchev–Trinajstić information content (AvgIpc) is 3.19. The Bertz CT molecular complexity index is 848. The lowest BCUT2D eigenvalue weighted by atomic mass is 10.0. The first-order valence-electron chi connectivity index (χ1n) is 7.17. The minimum absolute atomic E-state index is 0.166. The molecule has 0 radical (unpaired) electrons. The average molecular weight is 340 g/mol. The summed E-state index contributed by atoms with van der Waals surface area (Å²) in [4.78, 5) is 17.5. The minimum atomic E-state index is -0.166. The van der Waals surface area contributed by atoms with Gasteiger partial charge >= 0.3 is 0 Å². The van der Waals surface area contributed by atoms with Gasteiger partial charge in [-0.3, -0.25) is 10.1 Å². The summed E-state index contributed by atoms with van der Waals surface area (Å²) in [5.41, 5.74) is 4.38. The van der Waals surface area contributed by atoms with Gasteiger partial charge in [-0.15, -0.1) is 22.7 Å². The van der Waals surface area contributed by atoms with Gasteiger partial charge in [0.2, 0.25) is 5.91 Å². The topological polar surface area (TPSA) is 42.0 Å². The maximum absolute atomic E-state index is 11.9. The number of nitrogens with zero attached hydrogens (tertiary/aromatic N) is 1. The summed E-state index contributed by atoms with van der Waals surface area (Å²) >= 11 is 3.03. The molecule has 0 aliphatic heterocycles. The van der Waals surface area contributed by atoms with Gasteiger partial charge in [-0.1, -0.05) is 23.8 Å². The fourth-order valence-electron chi connectivity index (χ4n) is 2.16. The van der Waals surface area contributed by atoms with Crippen molar-refractivity contribution < 1.29 is 4.79 Å². The third-order valence-corrected chi connectivity index (χ3v) is 4.94. The molecule has 3 rings (SSSR count). The molecule has 1 N–H and O–H groups in total. The molecule has 3 aromatic rings. The zero-order valence-electron chi connectivity index (χ0n) is 12.9. The number of aromatic nitrogens is 1. The number of thiophene rings is 1. The van der Waals surface area contributed by atoms with Crippen molar-refractivity contribution in [1.29, 1.82) is 0 Å². The van der Waals surface area contributed by atoms with E-state index in [1.807, 2.05) is 22.9 Å². The van der Waals surface area contributed by atoms with E-state index in [2.05, 4.69) is 42.3 Å². The van der Waals surface area contributed by atoms with E-state index in [0.717, 1.165) is 16.1 Å². The molecule has 23 heavy (non-hydrogen) atoms. The Hall–Kier alpha value is -2.24. The van der Waals surface area contributed by atoms with Crippen LogP contribution in [0.25, 0.3) is 17.3 Å². The monoisotopic (exact) mass is 340 g/mol. The van der Waals surface area contributed by atoms with Crippen molar-refractivity contribution in [3.05, 3.63) is 63.2 Å². The van der Waals surface area contributed by atoms with E-state index in [1.54, 1.807) is 17.4 Å². The summed E-state index contributed by atoms with van der Waals surface area (Å²) < 4.78 is 0. The number of carbonyl (C=O) groups is 1. The zero-order chi connectivity index (χ0) is 16.2. The van der Waals surface area contributed by atoms with E-state index in [4.69, 9.17) is 0 Å². The Balaban J connectivity index is 1.72. The normalized spacial score (nSPS) is 11.0. The summed E-state index contributed by atoms with van der Waals surface area (Å²) in [7, 11) is 0. The first kappa shape index (κ1) is 15.6. The van der Waals surface area contributed by atoms with Crippen LogP contribution in [-0.2, 0) is 4.79 Å². The lowest BCUT2D eigenvalue weighted by molar-refractivity contribution is -0.111. The molecule has 0 saturated heterocycles. The molecule has 0 saturated carbocycles. The number of rotatable bonds is 4. The molecule has 5 heteroatoms. The van der Waals surface area contributed by atoms with Crippen LogP contribution in [0, 0.1) is 13.8 Å². The van der Waals surface area contributed by atoms with Crippen molar-refractivity contribution in [2.75, 3.05) is 5.32 Å². The first-order valence-corrected chi connectivity index (χ1v) is 8.93. The highest BCUT2D eigenvalue weighted by atomic mass is 32.1. The van der Waals surface area contributed by atoms with Crippen molar-refractivity contribution >= 4 is 39.8 Å². The number of nitrogens with one attached hydrogen (secondary N) is 1. The minimum Gasteiger partial charge on any atom is -0.298 e. The fourth-order valence-corrected chi connectivity index (χ4v) is 3.49. The second-order valence-corrected chi connectivity index (χ2v) is 7.03. The maximum atomic E-state index is 11.9. The Morgan fingerprint density at radius 1 is 1.22 bits per heavy atom. The Kier molecular flexibility index (Phi) is 4.69. The number of anilines is 1. The van der Waals surface area contributed by atoms with Crippen molar-refractivity contribution in [1.82, 2.24) is 4.98 Å². The molecule has 0 bridgehead atoms. The second-order valence-electron chi connectivity index (χ2n) is 5.19. The fraction of sp³-hybridized carbons (Fsp3) is 0.111. The summed E-state index contributed by atoms with van der Waals surface area (Å²) in [5, 5.41) is 7.38. The molecular weight excluding hydrogens is 324 g/mol. The van der Waals surface area contributed by atoms with Gasteiger partial charge in [-0.2, -0.15) is 0 Å². The highest BCUT2D eigenvalue weighted by Crippen LogP contribution is 2.28. The van der Waals surface area contributed by atoms with E-state index in [9.17, 15) is 4.79 Å². The molecule has 0 spiro atoms. The SMILES string of the molecule is Cc1ccc(C)c(-c2csc(NC(=O)C=Cc3cccs3)n2)c1. The molecule has 0 aliphatic rings. The van der Waals surface area contributed by atoms with E-state index in [1.165, 1.54) is 28.5 Å². The zero-order valence-corrected chi connectivity index (χ0v) is 14.5. The molecule has 1 aromatic carbocycles. The van der Waals surface area contributed by atoms with Gasteiger partial charge in [-0.05, 0) is 43.0 Å². The molecule has 3 nitrogen and oxygen atoms in total. The Morgan fingerprint density at radius 2 is 2.09 bits per heavy atom. The van der Waals surface area contributed by atoms with Crippen molar-refractivity contribution in [3.8, 4) is 11.3 Å². The number of hydrogen-bond donors (Lipinski definition) is 1. The summed E-state index contributed by atoms with van der Waals surface area (Å²) in [6.07, 6.45) is 3.34. The molecule has 1 amide bonds. The van der Waals surface area contributed by atoms with Gasteiger partial charge in [0.15, 0.2) is 5.13 Å². The number of amides is 1. The predicted octanol–water partition coefficient (Wildman–Crippen LogP) is 5.14.